The summed E-state index contributed by atoms with van der Waals surface area (Å²) in [6.45, 7) is 10.5. The van der Waals surface area contributed by atoms with Gasteiger partial charge in [-0.05, 0) is 76.1 Å². The van der Waals surface area contributed by atoms with Crippen molar-refractivity contribution in [3.05, 3.63) is 53.6 Å². The molecular weight excluding hydrogens is 380 g/mol. The highest BCUT2D eigenvalue weighted by Gasteiger charge is 2.23. The molecule has 3 rings (SSSR count). The van der Waals surface area contributed by atoms with E-state index in [1.165, 1.54) is 0 Å². The molecule has 1 atom stereocenters. The molecule has 0 bridgehead atoms. The smallest absolute Gasteiger partial charge is 0.408 e. The quantitative estimate of drug-likeness (QED) is 0.681. The minimum atomic E-state index is -0.525. The van der Waals surface area contributed by atoms with Crippen molar-refractivity contribution in [2.45, 2.75) is 59.3 Å². The summed E-state index contributed by atoms with van der Waals surface area (Å²) in [6, 6.07) is 13.6. The van der Waals surface area contributed by atoms with E-state index in [4.69, 9.17) is 19.2 Å². The van der Waals surface area contributed by atoms with Crippen molar-refractivity contribution < 1.29 is 19.0 Å². The fourth-order valence-corrected chi connectivity index (χ4v) is 3.13. The molecule has 1 amide bonds. The molecule has 1 N–H and O–H groups in total. The Balaban J connectivity index is 1.58. The third-order valence-corrected chi connectivity index (χ3v) is 4.56. The first-order valence-corrected chi connectivity index (χ1v) is 10.3. The number of carbonyl (C=O) groups excluding carboxylic acids is 1. The number of nitrogens with zero attached hydrogens (tertiary/aromatic N) is 1. The number of alkyl carbamates (subject to hydrolysis) is 1. The van der Waals surface area contributed by atoms with Crippen molar-refractivity contribution in [1.82, 2.24) is 5.32 Å². The molecule has 1 unspecified atom stereocenters. The monoisotopic (exact) mass is 410 g/mol. The maximum absolute atomic E-state index is 12.0. The molecule has 0 saturated heterocycles. The van der Waals surface area contributed by atoms with Gasteiger partial charge in [0.05, 0.1) is 18.3 Å². The Kier molecular flexibility index (Phi) is 6.65. The van der Waals surface area contributed by atoms with Crippen molar-refractivity contribution in [2.24, 2.45) is 4.99 Å². The van der Waals surface area contributed by atoms with Gasteiger partial charge in [0.2, 0.25) is 0 Å². The molecule has 0 aromatic heterocycles. The number of carbonyl (C=O) groups is 1. The minimum absolute atomic E-state index is 0.198. The van der Waals surface area contributed by atoms with Crippen molar-refractivity contribution in [1.29, 1.82) is 0 Å². The van der Waals surface area contributed by atoms with Gasteiger partial charge in [0, 0.05) is 12.1 Å². The van der Waals surface area contributed by atoms with E-state index in [0.717, 1.165) is 34.0 Å². The number of hydrogen-bond donors (Lipinski definition) is 1. The van der Waals surface area contributed by atoms with Crippen LogP contribution in [-0.2, 0) is 17.8 Å². The predicted octanol–water partition coefficient (Wildman–Crippen LogP) is 5.21. The van der Waals surface area contributed by atoms with Crippen molar-refractivity contribution in [3.63, 3.8) is 0 Å². The second-order valence-corrected chi connectivity index (χ2v) is 8.30. The molecule has 0 aliphatic carbocycles. The summed E-state index contributed by atoms with van der Waals surface area (Å²) >= 11 is 0. The molecule has 0 saturated carbocycles. The molecule has 30 heavy (non-hydrogen) atoms. The first kappa shape index (κ1) is 21.7. The number of nitrogens with one attached hydrogen (secondary N) is 1. The summed E-state index contributed by atoms with van der Waals surface area (Å²) in [7, 11) is 0. The summed E-state index contributed by atoms with van der Waals surface area (Å²) in [5, 5.41) is 2.86. The van der Waals surface area contributed by atoms with Crippen LogP contribution in [0.15, 0.2) is 47.5 Å². The van der Waals surface area contributed by atoms with Crippen LogP contribution in [0.1, 0.15) is 45.7 Å². The fourth-order valence-electron chi connectivity index (χ4n) is 3.13. The Bertz CT molecular complexity index is 914. The lowest BCUT2D eigenvalue weighted by atomic mass is 10.0. The van der Waals surface area contributed by atoms with Gasteiger partial charge in [-0.1, -0.05) is 12.1 Å². The van der Waals surface area contributed by atoms with Gasteiger partial charge in [0.15, 0.2) is 0 Å². The summed E-state index contributed by atoms with van der Waals surface area (Å²) in [5.74, 6) is 1.62. The van der Waals surface area contributed by atoms with Crippen molar-refractivity contribution in [3.8, 4) is 11.5 Å². The SMILES string of the molecule is CCOc1ccc(OCc2ccc3c(c2)N=C(C(C)NC(=O)OC(C)(C)C)C3)cc1. The normalized spacial score (nSPS) is 13.8. The Morgan fingerprint density at radius 3 is 2.40 bits per heavy atom. The standard InChI is InChI=1S/C24H30N2O4/c1-6-28-19-9-11-20(12-10-19)29-15-17-7-8-18-14-21(26-22(18)13-17)16(2)25-23(27)30-24(3,4)5/h7-13,16H,6,14-15H2,1-5H3,(H,25,27). The Morgan fingerprint density at radius 2 is 1.77 bits per heavy atom. The van der Waals surface area contributed by atoms with Crippen LogP contribution in [0, 0.1) is 0 Å². The molecule has 0 spiro atoms. The topological polar surface area (TPSA) is 69.2 Å². The van der Waals surface area contributed by atoms with E-state index in [1.54, 1.807) is 0 Å². The molecule has 6 heteroatoms. The maximum Gasteiger partial charge on any atom is 0.408 e. The van der Waals surface area contributed by atoms with E-state index in [0.29, 0.717) is 19.6 Å². The van der Waals surface area contributed by atoms with Crippen LogP contribution >= 0.6 is 0 Å². The summed E-state index contributed by atoms with van der Waals surface area (Å²) in [6.07, 6.45) is 0.282. The predicted molar refractivity (Wildman–Crippen MR) is 118 cm³/mol. The number of rotatable bonds is 7. The molecule has 2 aromatic carbocycles. The molecule has 1 aliphatic rings. The highest BCUT2D eigenvalue weighted by atomic mass is 16.6. The van der Waals surface area contributed by atoms with E-state index >= 15 is 0 Å². The van der Waals surface area contributed by atoms with E-state index in [9.17, 15) is 4.79 Å². The van der Waals surface area contributed by atoms with Crippen LogP contribution < -0.4 is 14.8 Å². The minimum Gasteiger partial charge on any atom is -0.494 e. The van der Waals surface area contributed by atoms with Gasteiger partial charge < -0.3 is 19.5 Å². The van der Waals surface area contributed by atoms with Gasteiger partial charge in [-0.2, -0.15) is 0 Å². The maximum atomic E-state index is 12.0. The fraction of sp³-hybridized carbons (Fsp3) is 0.417. The second kappa shape index (κ2) is 9.20. The Hall–Kier alpha value is -3.02. The van der Waals surface area contributed by atoms with E-state index < -0.39 is 11.7 Å². The molecular formula is C24H30N2O4. The van der Waals surface area contributed by atoms with Gasteiger partial charge in [-0.15, -0.1) is 0 Å². The number of amides is 1. The van der Waals surface area contributed by atoms with E-state index in [-0.39, 0.29) is 6.04 Å². The lowest BCUT2D eigenvalue weighted by Crippen LogP contribution is -2.41. The second-order valence-electron chi connectivity index (χ2n) is 8.30. The van der Waals surface area contributed by atoms with E-state index in [1.807, 2.05) is 65.0 Å². The third kappa shape index (κ3) is 5.99. The van der Waals surface area contributed by atoms with Crippen LogP contribution in [0.5, 0.6) is 11.5 Å². The number of benzene rings is 2. The summed E-state index contributed by atoms with van der Waals surface area (Å²) < 4.78 is 16.7. The molecule has 1 aliphatic heterocycles. The molecule has 1 heterocycles. The first-order chi connectivity index (χ1) is 14.2. The lowest BCUT2D eigenvalue weighted by molar-refractivity contribution is 0.0521. The Labute approximate surface area is 178 Å². The zero-order chi connectivity index (χ0) is 21.7. The van der Waals surface area contributed by atoms with Crippen molar-refractivity contribution in [2.75, 3.05) is 6.61 Å². The highest BCUT2D eigenvalue weighted by molar-refractivity contribution is 5.99. The van der Waals surface area contributed by atoms with Crippen LogP contribution in [0.2, 0.25) is 0 Å². The molecule has 6 nitrogen and oxygen atoms in total. The number of hydrogen-bond acceptors (Lipinski definition) is 5. The van der Waals surface area contributed by atoms with Crippen LogP contribution in [0.25, 0.3) is 0 Å². The van der Waals surface area contributed by atoms with Gasteiger partial charge in [0.1, 0.15) is 23.7 Å². The summed E-state index contributed by atoms with van der Waals surface area (Å²) in [5.41, 5.74) is 3.51. The zero-order valence-corrected chi connectivity index (χ0v) is 18.3. The number of fused-ring (bicyclic) bond motifs is 1. The van der Waals surface area contributed by atoms with Gasteiger partial charge in [-0.25, -0.2) is 4.79 Å². The zero-order valence-electron chi connectivity index (χ0n) is 18.3. The van der Waals surface area contributed by atoms with Crippen molar-refractivity contribution >= 4 is 17.5 Å². The number of aliphatic imine (C=N–C) groups is 1. The summed E-state index contributed by atoms with van der Waals surface area (Å²) in [4.78, 5) is 16.7. The largest absolute Gasteiger partial charge is 0.494 e. The van der Waals surface area contributed by atoms with Crippen LogP contribution in [-0.4, -0.2) is 30.1 Å². The van der Waals surface area contributed by atoms with Crippen LogP contribution in [0.3, 0.4) is 0 Å². The van der Waals surface area contributed by atoms with Crippen LogP contribution in [0.4, 0.5) is 10.5 Å². The Morgan fingerprint density at radius 1 is 1.10 bits per heavy atom. The van der Waals surface area contributed by atoms with Gasteiger partial charge >= 0.3 is 6.09 Å². The molecule has 2 aromatic rings. The number of ether oxygens (including phenoxy) is 3. The van der Waals surface area contributed by atoms with E-state index in [2.05, 4.69) is 17.4 Å². The average molecular weight is 411 g/mol. The van der Waals surface area contributed by atoms with Gasteiger partial charge in [-0.3, -0.25) is 4.99 Å². The average Bonchev–Trinajstić information content (AvgIpc) is 3.10. The first-order valence-electron chi connectivity index (χ1n) is 10.3. The lowest BCUT2D eigenvalue weighted by Gasteiger charge is -2.22. The van der Waals surface area contributed by atoms with Gasteiger partial charge in [0.25, 0.3) is 0 Å². The molecule has 160 valence electrons. The molecule has 0 fully saturated rings. The highest BCUT2D eigenvalue weighted by Crippen LogP contribution is 2.29. The molecule has 0 radical (unpaired) electrons. The third-order valence-electron chi connectivity index (χ3n) is 4.56.